The SMILES string of the molecule is O=C(c1ccccn1)C(Cl)Cc1ccc(F)cc1. The molecule has 18 heavy (non-hydrogen) atoms. The second-order valence-corrected chi connectivity index (χ2v) is 4.40. The van der Waals surface area contributed by atoms with Crippen molar-refractivity contribution in [3.05, 3.63) is 65.7 Å². The number of benzene rings is 1. The molecule has 2 aromatic rings. The highest BCUT2D eigenvalue weighted by Gasteiger charge is 2.18. The first kappa shape index (κ1) is 12.7. The van der Waals surface area contributed by atoms with E-state index in [0.29, 0.717) is 12.1 Å². The van der Waals surface area contributed by atoms with Crippen molar-refractivity contribution in [1.82, 2.24) is 4.98 Å². The summed E-state index contributed by atoms with van der Waals surface area (Å²) in [7, 11) is 0. The zero-order valence-corrected chi connectivity index (χ0v) is 10.3. The predicted octanol–water partition coefficient (Wildman–Crippen LogP) is 3.25. The van der Waals surface area contributed by atoms with E-state index in [0.717, 1.165) is 5.56 Å². The zero-order chi connectivity index (χ0) is 13.0. The van der Waals surface area contributed by atoms with Gasteiger partial charge in [0.1, 0.15) is 16.9 Å². The molecule has 2 rings (SSSR count). The van der Waals surface area contributed by atoms with Crippen LogP contribution in [0.5, 0.6) is 0 Å². The quantitative estimate of drug-likeness (QED) is 0.626. The molecule has 0 N–H and O–H groups in total. The lowest BCUT2D eigenvalue weighted by Crippen LogP contribution is -2.18. The third-order valence-electron chi connectivity index (χ3n) is 2.53. The van der Waals surface area contributed by atoms with Gasteiger partial charge >= 0.3 is 0 Å². The van der Waals surface area contributed by atoms with Gasteiger partial charge in [0.25, 0.3) is 0 Å². The van der Waals surface area contributed by atoms with Gasteiger partial charge in [-0.1, -0.05) is 18.2 Å². The van der Waals surface area contributed by atoms with Crippen molar-refractivity contribution in [2.24, 2.45) is 0 Å². The summed E-state index contributed by atoms with van der Waals surface area (Å²) in [5.74, 6) is -0.525. The van der Waals surface area contributed by atoms with Crippen LogP contribution in [0.4, 0.5) is 4.39 Å². The number of Topliss-reactive ketones (excluding diaryl/α,β-unsaturated/α-hetero) is 1. The normalized spacial score (nSPS) is 12.1. The summed E-state index contributed by atoms with van der Waals surface area (Å²) in [6.07, 6.45) is 1.91. The Kier molecular flexibility index (Phi) is 4.05. The molecule has 0 bridgehead atoms. The molecular weight excluding hydrogens is 253 g/mol. The van der Waals surface area contributed by atoms with Crippen molar-refractivity contribution in [2.75, 3.05) is 0 Å². The Bertz CT molecular complexity index is 527. The van der Waals surface area contributed by atoms with E-state index in [1.165, 1.54) is 12.1 Å². The van der Waals surface area contributed by atoms with Crippen LogP contribution in [-0.2, 0) is 6.42 Å². The molecule has 0 aliphatic heterocycles. The van der Waals surface area contributed by atoms with Gasteiger partial charge in [-0.15, -0.1) is 11.6 Å². The highest BCUT2D eigenvalue weighted by atomic mass is 35.5. The minimum Gasteiger partial charge on any atom is -0.291 e. The van der Waals surface area contributed by atoms with Crippen LogP contribution in [0.15, 0.2) is 48.7 Å². The molecule has 0 spiro atoms. The van der Waals surface area contributed by atoms with Gasteiger partial charge in [0, 0.05) is 6.20 Å². The number of alkyl halides is 1. The number of hydrogen-bond donors (Lipinski definition) is 0. The predicted molar refractivity (Wildman–Crippen MR) is 68.3 cm³/mol. The summed E-state index contributed by atoms with van der Waals surface area (Å²) in [4.78, 5) is 15.9. The Labute approximate surface area is 109 Å². The molecular formula is C14H11ClFNO. The maximum atomic E-state index is 12.7. The first-order valence-corrected chi connectivity index (χ1v) is 5.94. The molecule has 4 heteroatoms. The number of pyridine rings is 1. The molecule has 1 atom stereocenters. The number of nitrogens with zero attached hydrogens (tertiary/aromatic N) is 1. The maximum Gasteiger partial charge on any atom is 0.199 e. The number of halogens is 2. The summed E-state index contributed by atoms with van der Waals surface area (Å²) in [6.45, 7) is 0. The molecule has 0 saturated carbocycles. The molecule has 0 aliphatic rings. The van der Waals surface area contributed by atoms with Crippen molar-refractivity contribution < 1.29 is 9.18 Å². The minimum atomic E-state index is -0.689. The molecule has 0 saturated heterocycles. The van der Waals surface area contributed by atoms with Crippen molar-refractivity contribution in [3.63, 3.8) is 0 Å². The molecule has 0 radical (unpaired) electrons. The van der Waals surface area contributed by atoms with Crippen molar-refractivity contribution in [1.29, 1.82) is 0 Å². The number of ketones is 1. The van der Waals surface area contributed by atoms with E-state index in [9.17, 15) is 9.18 Å². The van der Waals surface area contributed by atoms with Crippen LogP contribution >= 0.6 is 11.6 Å². The van der Waals surface area contributed by atoms with E-state index in [-0.39, 0.29) is 11.6 Å². The van der Waals surface area contributed by atoms with E-state index in [1.807, 2.05) is 0 Å². The Morgan fingerprint density at radius 2 is 1.94 bits per heavy atom. The topological polar surface area (TPSA) is 30.0 Å². The fourth-order valence-corrected chi connectivity index (χ4v) is 1.88. The van der Waals surface area contributed by atoms with Crippen LogP contribution in [0.1, 0.15) is 16.1 Å². The van der Waals surface area contributed by atoms with Crippen LogP contribution in [0.2, 0.25) is 0 Å². The van der Waals surface area contributed by atoms with Crippen LogP contribution in [-0.4, -0.2) is 16.1 Å². The first-order chi connectivity index (χ1) is 8.66. The van der Waals surface area contributed by atoms with Gasteiger partial charge in [-0.3, -0.25) is 9.78 Å². The summed E-state index contributed by atoms with van der Waals surface area (Å²) in [5.41, 5.74) is 1.17. The minimum absolute atomic E-state index is 0.221. The average molecular weight is 264 g/mol. The fourth-order valence-electron chi connectivity index (χ4n) is 1.59. The lowest BCUT2D eigenvalue weighted by atomic mass is 10.1. The van der Waals surface area contributed by atoms with Crippen LogP contribution in [0.3, 0.4) is 0 Å². The third-order valence-corrected chi connectivity index (χ3v) is 2.88. The third kappa shape index (κ3) is 3.14. The number of carbonyl (C=O) groups excluding carboxylic acids is 1. The highest BCUT2D eigenvalue weighted by molar-refractivity contribution is 6.33. The number of rotatable bonds is 4. The van der Waals surface area contributed by atoms with E-state index < -0.39 is 5.38 Å². The second kappa shape index (κ2) is 5.74. The van der Waals surface area contributed by atoms with Gasteiger partial charge in [0.05, 0.1) is 0 Å². The fraction of sp³-hybridized carbons (Fsp3) is 0.143. The van der Waals surface area contributed by atoms with Gasteiger partial charge in [-0.25, -0.2) is 4.39 Å². The van der Waals surface area contributed by atoms with Crippen molar-refractivity contribution in [3.8, 4) is 0 Å². The van der Waals surface area contributed by atoms with Crippen LogP contribution < -0.4 is 0 Å². The largest absolute Gasteiger partial charge is 0.291 e. The molecule has 0 aliphatic carbocycles. The second-order valence-electron chi connectivity index (χ2n) is 3.88. The Balaban J connectivity index is 2.06. The lowest BCUT2D eigenvalue weighted by molar-refractivity contribution is 0.0982. The Morgan fingerprint density at radius 1 is 1.22 bits per heavy atom. The molecule has 1 aromatic carbocycles. The van der Waals surface area contributed by atoms with Gasteiger partial charge < -0.3 is 0 Å². The number of aromatic nitrogens is 1. The van der Waals surface area contributed by atoms with Crippen molar-refractivity contribution >= 4 is 17.4 Å². The van der Waals surface area contributed by atoms with Gasteiger partial charge in [0.2, 0.25) is 0 Å². The Morgan fingerprint density at radius 3 is 2.56 bits per heavy atom. The molecule has 1 unspecified atom stereocenters. The molecule has 1 heterocycles. The summed E-state index contributed by atoms with van der Waals surface area (Å²) < 4.78 is 12.7. The van der Waals surface area contributed by atoms with Crippen LogP contribution in [0, 0.1) is 5.82 Å². The van der Waals surface area contributed by atoms with Crippen molar-refractivity contribution in [2.45, 2.75) is 11.8 Å². The summed E-state index contributed by atoms with van der Waals surface area (Å²) >= 11 is 6.06. The molecule has 2 nitrogen and oxygen atoms in total. The molecule has 0 fully saturated rings. The summed E-state index contributed by atoms with van der Waals surface area (Å²) in [6, 6.07) is 11.0. The van der Waals surface area contributed by atoms with E-state index >= 15 is 0 Å². The Hall–Kier alpha value is -1.74. The van der Waals surface area contributed by atoms with Crippen LogP contribution in [0.25, 0.3) is 0 Å². The highest BCUT2D eigenvalue weighted by Crippen LogP contribution is 2.13. The zero-order valence-electron chi connectivity index (χ0n) is 9.51. The smallest absolute Gasteiger partial charge is 0.199 e. The monoisotopic (exact) mass is 263 g/mol. The molecule has 1 aromatic heterocycles. The molecule has 92 valence electrons. The maximum absolute atomic E-state index is 12.7. The van der Waals surface area contributed by atoms with Gasteiger partial charge in [0.15, 0.2) is 5.78 Å². The van der Waals surface area contributed by atoms with E-state index in [4.69, 9.17) is 11.6 Å². The number of carbonyl (C=O) groups is 1. The molecule has 0 amide bonds. The van der Waals surface area contributed by atoms with E-state index in [2.05, 4.69) is 4.98 Å². The summed E-state index contributed by atoms with van der Waals surface area (Å²) in [5, 5.41) is -0.689. The van der Waals surface area contributed by atoms with Gasteiger partial charge in [-0.2, -0.15) is 0 Å². The lowest BCUT2D eigenvalue weighted by Gasteiger charge is -2.08. The van der Waals surface area contributed by atoms with Gasteiger partial charge in [-0.05, 0) is 36.2 Å². The first-order valence-electron chi connectivity index (χ1n) is 5.50. The standard InChI is InChI=1S/C14H11ClFNO/c15-12(9-10-4-6-11(16)7-5-10)14(18)13-3-1-2-8-17-13/h1-8,12H,9H2. The number of hydrogen-bond acceptors (Lipinski definition) is 2. The average Bonchev–Trinajstić information content (AvgIpc) is 2.41. The van der Waals surface area contributed by atoms with E-state index in [1.54, 1.807) is 36.5 Å².